The van der Waals surface area contributed by atoms with Crippen LogP contribution in [0.25, 0.3) is 0 Å². The van der Waals surface area contributed by atoms with Crippen molar-refractivity contribution in [2.45, 2.75) is 53.1 Å². The molecule has 1 unspecified atom stereocenters. The lowest BCUT2D eigenvalue weighted by molar-refractivity contribution is 0.308. The largest absolute Gasteiger partial charge is 0.328 e. The highest BCUT2D eigenvalue weighted by molar-refractivity contribution is 4.56. The van der Waals surface area contributed by atoms with E-state index in [0.29, 0.717) is 12.3 Å². The maximum Gasteiger partial charge on any atom is 0.112 e. The third-order valence-electron chi connectivity index (χ3n) is 1.55. The van der Waals surface area contributed by atoms with Gasteiger partial charge in [-0.2, -0.15) is 0 Å². The van der Waals surface area contributed by atoms with Crippen molar-refractivity contribution in [1.82, 2.24) is 0 Å². The van der Waals surface area contributed by atoms with Gasteiger partial charge in [-0.1, -0.05) is 40.5 Å². The van der Waals surface area contributed by atoms with Gasteiger partial charge in [-0.15, -0.1) is 0 Å². The van der Waals surface area contributed by atoms with Crippen molar-refractivity contribution in [2.75, 3.05) is 6.54 Å². The lowest BCUT2D eigenvalue weighted by Crippen LogP contribution is -2.14. The summed E-state index contributed by atoms with van der Waals surface area (Å²) in [6.45, 7) is 8.48. The molecule has 0 bridgehead atoms. The Balaban J connectivity index is 0. The number of alkyl halides is 1. The molecule has 0 aliphatic carbocycles. The Morgan fingerprint density at radius 1 is 1.17 bits per heavy atom. The van der Waals surface area contributed by atoms with Crippen molar-refractivity contribution in [3.05, 3.63) is 0 Å². The molecule has 0 spiro atoms. The molecule has 1 atom stereocenters. The summed E-state index contributed by atoms with van der Waals surface area (Å²) in [7, 11) is 0. The van der Waals surface area contributed by atoms with Crippen molar-refractivity contribution >= 4 is 0 Å². The molecular weight excluding hydrogens is 153 g/mol. The van der Waals surface area contributed by atoms with Crippen LogP contribution in [0.2, 0.25) is 0 Å². The molecule has 0 saturated heterocycles. The Morgan fingerprint density at radius 2 is 1.67 bits per heavy atom. The molecule has 0 rings (SSSR count). The third kappa shape index (κ3) is 12.6. The van der Waals surface area contributed by atoms with Gasteiger partial charge in [-0.25, -0.2) is 4.39 Å². The van der Waals surface area contributed by atoms with Crippen molar-refractivity contribution in [2.24, 2.45) is 11.7 Å². The first kappa shape index (κ1) is 14.4. The van der Waals surface area contributed by atoms with Gasteiger partial charge < -0.3 is 5.73 Å². The highest BCUT2D eigenvalue weighted by atomic mass is 19.1. The molecule has 0 amide bonds. The molecule has 0 aromatic heterocycles. The van der Waals surface area contributed by atoms with E-state index in [1.165, 1.54) is 0 Å². The molecule has 0 aromatic rings. The summed E-state index contributed by atoms with van der Waals surface area (Å²) < 4.78 is 12.5. The molecule has 1 nitrogen and oxygen atoms in total. The minimum absolute atomic E-state index is 0.179. The zero-order valence-electron chi connectivity index (χ0n) is 8.94. The standard InChI is InChI=1S/C8H18FN.C2H6/c1-7(2)4-3-5-8(9)6-10;1-2/h7-8H,3-6,10H2,1-2H3;1-2H3. The fourth-order valence-electron chi connectivity index (χ4n) is 0.865. The van der Waals surface area contributed by atoms with Crippen LogP contribution in [0.15, 0.2) is 0 Å². The summed E-state index contributed by atoms with van der Waals surface area (Å²) in [6, 6.07) is 0. The fraction of sp³-hybridized carbons (Fsp3) is 1.00. The monoisotopic (exact) mass is 177 g/mol. The first-order valence-electron chi connectivity index (χ1n) is 5.01. The van der Waals surface area contributed by atoms with Crippen LogP contribution >= 0.6 is 0 Å². The summed E-state index contributed by atoms with van der Waals surface area (Å²) in [5.41, 5.74) is 5.11. The molecule has 0 heterocycles. The van der Waals surface area contributed by atoms with Crippen LogP contribution in [0.4, 0.5) is 4.39 Å². The van der Waals surface area contributed by atoms with E-state index in [1.807, 2.05) is 13.8 Å². The Hall–Kier alpha value is -0.110. The van der Waals surface area contributed by atoms with Gasteiger partial charge >= 0.3 is 0 Å². The molecule has 2 heteroatoms. The van der Waals surface area contributed by atoms with Crippen LogP contribution in [-0.4, -0.2) is 12.7 Å². The minimum atomic E-state index is -0.779. The molecule has 0 aliphatic rings. The van der Waals surface area contributed by atoms with Crippen LogP contribution < -0.4 is 5.73 Å². The van der Waals surface area contributed by atoms with E-state index in [0.717, 1.165) is 12.8 Å². The maximum atomic E-state index is 12.5. The highest BCUT2D eigenvalue weighted by Crippen LogP contribution is 2.09. The predicted molar refractivity (Wildman–Crippen MR) is 54.0 cm³/mol. The predicted octanol–water partition coefficient (Wildman–Crippen LogP) is 3.14. The number of hydrogen-bond donors (Lipinski definition) is 1. The van der Waals surface area contributed by atoms with Gasteiger partial charge in [0, 0.05) is 6.54 Å². The van der Waals surface area contributed by atoms with Crippen LogP contribution in [0.5, 0.6) is 0 Å². The minimum Gasteiger partial charge on any atom is -0.328 e. The normalized spacial score (nSPS) is 12.2. The number of halogens is 1. The summed E-state index contributed by atoms with van der Waals surface area (Å²) in [5.74, 6) is 0.685. The van der Waals surface area contributed by atoms with Gasteiger partial charge in [0.1, 0.15) is 6.17 Å². The van der Waals surface area contributed by atoms with Crippen LogP contribution in [0, 0.1) is 5.92 Å². The maximum absolute atomic E-state index is 12.5. The Labute approximate surface area is 76.5 Å². The summed E-state index contributed by atoms with van der Waals surface area (Å²) in [5, 5.41) is 0. The van der Waals surface area contributed by atoms with E-state index < -0.39 is 6.17 Å². The Morgan fingerprint density at radius 3 is 2.00 bits per heavy atom. The molecule has 0 aromatic carbocycles. The second-order valence-electron chi connectivity index (χ2n) is 3.16. The molecular formula is C10H24FN. The van der Waals surface area contributed by atoms with E-state index in [4.69, 9.17) is 5.73 Å². The quantitative estimate of drug-likeness (QED) is 0.686. The van der Waals surface area contributed by atoms with Crippen LogP contribution in [0.1, 0.15) is 47.0 Å². The lowest BCUT2D eigenvalue weighted by atomic mass is 10.0. The molecule has 0 saturated carbocycles. The average Bonchev–Trinajstić information content (AvgIpc) is 2.07. The van der Waals surface area contributed by atoms with Crippen LogP contribution in [-0.2, 0) is 0 Å². The SMILES string of the molecule is CC.CC(C)CCCC(F)CN. The van der Waals surface area contributed by atoms with E-state index >= 15 is 0 Å². The van der Waals surface area contributed by atoms with E-state index in [1.54, 1.807) is 0 Å². The summed E-state index contributed by atoms with van der Waals surface area (Å²) in [4.78, 5) is 0. The van der Waals surface area contributed by atoms with Crippen molar-refractivity contribution in [3.63, 3.8) is 0 Å². The second-order valence-corrected chi connectivity index (χ2v) is 3.16. The van der Waals surface area contributed by atoms with E-state index in [-0.39, 0.29) is 6.54 Å². The van der Waals surface area contributed by atoms with Gasteiger partial charge in [0.2, 0.25) is 0 Å². The van der Waals surface area contributed by atoms with Gasteiger partial charge in [-0.3, -0.25) is 0 Å². The zero-order valence-corrected chi connectivity index (χ0v) is 8.94. The molecule has 76 valence electrons. The third-order valence-corrected chi connectivity index (χ3v) is 1.55. The summed E-state index contributed by atoms with van der Waals surface area (Å²) >= 11 is 0. The number of rotatable bonds is 5. The van der Waals surface area contributed by atoms with Crippen molar-refractivity contribution < 1.29 is 4.39 Å². The molecule has 2 N–H and O–H groups in total. The van der Waals surface area contributed by atoms with E-state index in [2.05, 4.69) is 13.8 Å². The number of nitrogens with two attached hydrogens (primary N) is 1. The molecule has 0 aliphatic heterocycles. The lowest BCUT2D eigenvalue weighted by Gasteiger charge is -2.06. The Bertz CT molecular complexity index is 74.2. The average molecular weight is 177 g/mol. The smallest absolute Gasteiger partial charge is 0.112 e. The van der Waals surface area contributed by atoms with Gasteiger partial charge in [-0.05, 0) is 12.3 Å². The van der Waals surface area contributed by atoms with Crippen molar-refractivity contribution in [3.8, 4) is 0 Å². The Kier molecular flexibility index (Phi) is 13.1. The summed E-state index contributed by atoms with van der Waals surface area (Å²) in [6.07, 6.45) is 1.93. The van der Waals surface area contributed by atoms with Gasteiger partial charge in [0.15, 0.2) is 0 Å². The fourth-order valence-corrected chi connectivity index (χ4v) is 0.865. The molecule has 0 radical (unpaired) electrons. The molecule has 0 fully saturated rings. The van der Waals surface area contributed by atoms with Crippen LogP contribution in [0.3, 0.4) is 0 Å². The molecule has 12 heavy (non-hydrogen) atoms. The zero-order chi connectivity index (χ0) is 9.98. The first-order chi connectivity index (χ1) is 5.66. The highest BCUT2D eigenvalue weighted by Gasteiger charge is 2.02. The van der Waals surface area contributed by atoms with Gasteiger partial charge in [0.25, 0.3) is 0 Å². The van der Waals surface area contributed by atoms with E-state index in [9.17, 15) is 4.39 Å². The number of hydrogen-bond acceptors (Lipinski definition) is 1. The second kappa shape index (κ2) is 10.9. The van der Waals surface area contributed by atoms with Crippen molar-refractivity contribution in [1.29, 1.82) is 0 Å². The topological polar surface area (TPSA) is 26.0 Å². The van der Waals surface area contributed by atoms with Gasteiger partial charge in [0.05, 0.1) is 0 Å². The first-order valence-corrected chi connectivity index (χ1v) is 5.01.